The van der Waals surface area contributed by atoms with Crippen molar-refractivity contribution in [3.8, 4) is 5.69 Å². The lowest BCUT2D eigenvalue weighted by Gasteiger charge is -2.11. The van der Waals surface area contributed by atoms with Crippen molar-refractivity contribution in [3.05, 3.63) is 63.7 Å². The van der Waals surface area contributed by atoms with Crippen LogP contribution in [-0.4, -0.2) is 50.3 Å². The van der Waals surface area contributed by atoms with E-state index in [1.807, 2.05) is 24.3 Å². The van der Waals surface area contributed by atoms with Gasteiger partial charge in [-0.15, -0.1) is 0 Å². The Hall–Kier alpha value is -3.24. The lowest BCUT2D eigenvalue weighted by Crippen LogP contribution is -2.27. The van der Waals surface area contributed by atoms with E-state index in [0.29, 0.717) is 18.8 Å². The van der Waals surface area contributed by atoms with Gasteiger partial charge in [-0.25, -0.2) is 14.6 Å². The molecule has 0 spiro atoms. The minimum Gasteiger partial charge on any atom is -0.365 e. The van der Waals surface area contributed by atoms with Crippen molar-refractivity contribution in [1.82, 2.24) is 35.4 Å². The summed E-state index contributed by atoms with van der Waals surface area (Å²) < 4.78 is 1.64. The molecule has 1 amide bonds. The molecular formula is C22H27ClN8O2. The smallest absolute Gasteiger partial charge is 0.291 e. The first-order chi connectivity index (χ1) is 16.1. The van der Waals surface area contributed by atoms with E-state index >= 15 is 0 Å². The molecule has 2 aromatic heterocycles. The lowest BCUT2D eigenvalue weighted by atomic mass is 10.1. The number of hydrogen-bond donors (Lipinski definition) is 4. The monoisotopic (exact) mass is 470 g/mol. The maximum Gasteiger partial charge on any atom is 0.291 e. The van der Waals surface area contributed by atoms with Crippen LogP contribution in [-0.2, 0) is 17.8 Å². The van der Waals surface area contributed by atoms with E-state index in [1.54, 1.807) is 11.0 Å². The third kappa shape index (κ3) is 6.62. The standard InChI is InChI=1S/C22H27ClN8O2/c23-20-17(29-21(22(33)30-20)26-9-3-8-24-11-15-6-7-15)10-19(32)27-12-16-4-1-2-5-18(16)31-14-25-13-28-31/h1-2,4-5,13-15,24H,3,6-12H2,(H,26,29)(H,27,32)(H,30,33). The maximum absolute atomic E-state index is 12.6. The number of hydrogen-bond acceptors (Lipinski definition) is 7. The van der Waals surface area contributed by atoms with Gasteiger partial charge in [0.15, 0.2) is 5.82 Å². The van der Waals surface area contributed by atoms with Gasteiger partial charge < -0.3 is 20.9 Å². The number of nitrogens with one attached hydrogen (secondary N) is 4. The number of rotatable bonds is 12. The van der Waals surface area contributed by atoms with E-state index < -0.39 is 5.56 Å². The van der Waals surface area contributed by atoms with Crippen molar-refractivity contribution < 1.29 is 4.79 Å². The number of halogens is 1. The zero-order chi connectivity index (χ0) is 23.0. The number of carbonyl (C=O) groups is 1. The Kier molecular flexibility index (Phi) is 7.69. The molecule has 0 radical (unpaired) electrons. The summed E-state index contributed by atoms with van der Waals surface area (Å²) >= 11 is 6.14. The highest BCUT2D eigenvalue weighted by Crippen LogP contribution is 2.27. The minimum atomic E-state index is -0.406. The van der Waals surface area contributed by atoms with E-state index in [1.165, 1.54) is 19.2 Å². The average Bonchev–Trinajstić information content (AvgIpc) is 3.47. The maximum atomic E-state index is 12.6. The van der Waals surface area contributed by atoms with E-state index in [9.17, 15) is 9.59 Å². The number of amides is 1. The summed E-state index contributed by atoms with van der Waals surface area (Å²) in [6.07, 6.45) is 6.49. The first kappa shape index (κ1) is 22.9. The molecule has 0 atom stereocenters. The van der Waals surface area contributed by atoms with Crippen molar-refractivity contribution in [2.75, 3.05) is 25.0 Å². The Morgan fingerprint density at radius 2 is 2.09 bits per heavy atom. The van der Waals surface area contributed by atoms with Crippen molar-refractivity contribution in [2.24, 2.45) is 5.92 Å². The van der Waals surface area contributed by atoms with Crippen LogP contribution in [0.1, 0.15) is 30.5 Å². The summed E-state index contributed by atoms with van der Waals surface area (Å²) in [4.78, 5) is 35.5. The second kappa shape index (κ2) is 11.1. The quantitative estimate of drug-likeness (QED) is 0.296. The van der Waals surface area contributed by atoms with Crippen LogP contribution in [0.3, 0.4) is 0 Å². The van der Waals surface area contributed by atoms with Gasteiger partial charge in [0.2, 0.25) is 5.91 Å². The Morgan fingerprint density at radius 3 is 2.88 bits per heavy atom. The molecule has 174 valence electrons. The first-order valence-corrected chi connectivity index (χ1v) is 11.4. The number of aromatic nitrogens is 5. The first-order valence-electron chi connectivity index (χ1n) is 11.0. The molecule has 10 nitrogen and oxygen atoms in total. The van der Waals surface area contributed by atoms with E-state index in [0.717, 1.165) is 36.7 Å². The molecule has 1 saturated carbocycles. The van der Waals surface area contributed by atoms with Crippen molar-refractivity contribution >= 4 is 23.3 Å². The van der Waals surface area contributed by atoms with Gasteiger partial charge >= 0.3 is 0 Å². The molecule has 1 aromatic carbocycles. The molecule has 0 unspecified atom stereocenters. The van der Waals surface area contributed by atoms with Gasteiger partial charge in [-0.1, -0.05) is 29.8 Å². The van der Waals surface area contributed by atoms with Crippen molar-refractivity contribution in [3.63, 3.8) is 0 Å². The molecule has 4 rings (SSSR count). The van der Waals surface area contributed by atoms with Crippen LogP contribution in [0.15, 0.2) is 41.7 Å². The highest BCUT2D eigenvalue weighted by Gasteiger charge is 2.20. The van der Waals surface area contributed by atoms with Gasteiger partial charge in [0, 0.05) is 13.1 Å². The summed E-state index contributed by atoms with van der Waals surface area (Å²) in [6.45, 7) is 2.83. The number of nitrogens with zero attached hydrogens (tertiary/aromatic N) is 4. The fraction of sp³-hybridized carbons (Fsp3) is 0.409. The third-order valence-corrected chi connectivity index (χ3v) is 5.67. The zero-order valence-electron chi connectivity index (χ0n) is 18.2. The van der Waals surface area contributed by atoms with Gasteiger partial charge in [0.05, 0.1) is 17.8 Å². The largest absolute Gasteiger partial charge is 0.365 e. The molecule has 1 fully saturated rings. The second-order valence-corrected chi connectivity index (χ2v) is 8.40. The summed E-state index contributed by atoms with van der Waals surface area (Å²) in [5, 5.41) is 13.5. The Balaban J connectivity index is 1.30. The van der Waals surface area contributed by atoms with Gasteiger partial charge in [-0.3, -0.25) is 9.59 Å². The number of carbonyl (C=O) groups excluding carboxylic acids is 1. The van der Waals surface area contributed by atoms with Crippen LogP contribution < -0.4 is 21.5 Å². The molecule has 33 heavy (non-hydrogen) atoms. The molecule has 3 aromatic rings. The van der Waals surface area contributed by atoms with E-state index in [2.05, 4.69) is 36.0 Å². The van der Waals surface area contributed by atoms with Gasteiger partial charge in [-0.05, 0) is 49.9 Å². The predicted octanol–water partition coefficient (Wildman–Crippen LogP) is 1.66. The van der Waals surface area contributed by atoms with Crippen LogP contribution in [0.2, 0.25) is 5.15 Å². The molecule has 11 heteroatoms. The number of aromatic amines is 1. The Morgan fingerprint density at radius 1 is 1.24 bits per heavy atom. The van der Waals surface area contributed by atoms with Crippen molar-refractivity contribution in [2.45, 2.75) is 32.2 Å². The zero-order valence-corrected chi connectivity index (χ0v) is 18.9. The van der Waals surface area contributed by atoms with Crippen molar-refractivity contribution in [1.29, 1.82) is 0 Å². The second-order valence-electron chi connectivity index (χ2n) is 8.03. The number of para-hydroxylation sites is 1. The highest BCUT2D eigenvalue weighted by molar-refractivity contribution is 6.30. The van der Waals surface area contributed by atoms with Gasteiger partial charge in [-0.2, -0.15) is 5.10 Å². The summed E-state index contributed by atoms with van der Waals surface area (Å²) in [6, 6.07) is 7.59. The molecule has 0 bridgehead atoms. The number of H-pyrrole nitrogens is 1. The number of anilines is 1. The van der Waals surface area contributed by atoms with E-state index in [-0.39, 0.29) is 23.3 Å². The van der Waals surface area contributed by atoms with Gasteiger partial charge in [0.25, 0.3) is 5.56 Å². The topological polar surface area (TPSA) is 130 Å². The summed E-state index contributed by atoms with van der Waals surface area (Å²) in [5.41, 5.74) is 1.62. The Labute approximate surface area is 196 Å². The third-order valence-electron chi connectivity index (χ3n) is 5.35. The van der Waals surface area contributed by atoms with Crippen LogP contribution in [0, 0.1) is 5.92 Å². The highest BCUT2D eigenvalue weighted by atomic mass is 35.5. The molecule has 0 aliphatic heterocycles. The number of benzene rings is 1. The van der Waals surface area contributed by atoms with E-state index in [4.69, 9.17) is 11.6 Å². The fourth-order valence-electron chi connectivity index (χ4n) is 3.38. The average molecular weight is 471 g/mol. The lowest BCUT2D eigenvalue weighted by molar-refractivity contribution is -0.120. The van der Waals surface area contributed by atoms with Crippen LogP contribution >= 0.6 is 11.6 Å². The molecule has 0 saturated heterocycles. The molecule has 1 aliphatic rings. The summed E-state index contributed by atoms with van der Waals surface area (Å²) in [5.74, 6) is 0.740. The van der Waals surface area contributed by atoms with Crippen LogP contribution in [0.25, 0.3) is 5.69 Å². The Bertz CT molecular complexity index is 1130. The summed E-state index contributed by atoms with van der Waals surface area (Å²) in [7, 11) is 0. The normalized spacial score (nSPS) is 13.1. The van der Waals surface area contributed by atoms with Crippen LogP contribution in [0.5, 0.6) is 0 Å². The molecular weight excluding hydrogens is 444 g/mol. The predicted molar refractivity (Wildman–Crippen MR) is 125 cm³/mol. The molecule has 4 N–H and O–H groups in total. The fourth-order valence-corrected chi connectivity index (χ4v) is 3.57. The molecule has 2 heterocycles. The molecule has 1 aliphatic carbocycles. The minimum absolute atomic E-state index is 0.0568. The SMILES string of the molecule is O=C(Cc1nc(NCCCNCC2CC2)c(=O)[nH]c1Cl)NCc1ccccc1-n1cncn1. The van der Waals surface area contributed by atoms with Gasteiger partial charge in [0.1, 0.15) is 17.8 Å². The van der Waals surface area contributed by atoms with Crippen LogP contribution in [0.4, 0.5) is 5.82 Å².